The standard InChI is InChI=1S/C25H25F3N4O2/c1-3-18-6-8-19(9-7-18)23(33)30-12-14-31(15-13-30)24(34)21-16-29-32(22(21)25(26,27)28)20-10-4-17(2)5-11-20/h4-11,16H,3,12-15H2,1-2H3. The third-order valence-corrected chi connectivity index (χ3v) is 6.01. The summed E-state index contributed by atoms with van der Waals surface area (Å²) in [5.41, 5.74) is 1.20. The summed E-state index contributed by atoms with van der Waals surface area (Å²) in [6.45, 7) is 4.63. The van der Waals surface area contributed by atoms with Crippen LogP contribution in [0.15, 0.2) is 54.7 Å². The number of halogens is 3. The molecule has 0 radical (unpaired) electrons. The third-order valence-electron chi connectivity index (χ3n) is 6.01. The summed E-state index contributed by atoms with van der Waals surface area (Å²) in [6.07, 6.45) is -2.93. The summed E-state index contributed by atoms with van der Waals surface area (Å²) in [6, 6.07) is 13.8. The highest BCUT2D eigenvalue weighted by Crippen LogP contribution is 2.34. The van der Waals surface area contributed by atoms with Gasteiger partial charge >= 0.3 is 6.18 Å². The molecule has 178 valence electrons. The normalized spacial score (nSPS) is 14.4. The van der Waals surface area contributed by atoms with Crippen molar-refractivity contribution in [3.8, 4) is 5.69 Å². The zero-order chi connectivity index (χ0) is 24.5. The molecule has 9 heteroatoms. The fraction of sp³-hybridized carbons (Fsp3) is 0.320. The number of carbonyl (C=O) groups excluding carboxylic acids is 2. The molecule has 0 atom stereocenters. The van der Waals surface area contributed by atoms with E-state index in [0.717, 1.165) is 28.4 Å². The van der Waals surface area contributed by atoms with Crippen LogP contribution in [0.5, 0.6) is 0 Å². The molecule has 6 nitrogen and oxygen atoms in total. The fourth-order valence-electron chi connectivity index (χ4n) is 4.01. The van der Waals surface area contributed by atoms with Crippen molar-refractivity contribution in [2.75, 3.05) is 26.2 Å². The highest BCUT2D eigenvalue weighted by molar-refractivity contribution is 5.96. The third kappa shape index (κ3) is 4.69. The van der Waals surface area contributed by atoms with Gasteiger partial charge in [0.25, 0.3) is 11.8 Å². The van der Waals surface area contributed by atoms with Gasteiger partial charge in [0.2, 0.25) is 0 Å². The molecule has 0 N–H and O–H groups in total. The number of hydrogen-bond donors (Lipinski definition) is 0. The summed E-state index contributed by atoms with van der Waals surface area (Å²) in [5, 5.41) is 3.88. The summed E-state index contributed by atoms with van der Waals surface area (Å²) in [4.78, 5) is 28.8. The molecule has 2 aromatic carbocycles. The van der Waals surface area contributed by atoms with Crippen molar-refractivity contribution in [1.82, 2.24) is 19.6 Å². The average Bonchev–Trinajstić information content (AvgIpc) is 3.30. The lowest BCUT2D eigenvalue weighted by molar-refractivity contribution is -0.143. The summed E-state index contributed by atoms with van der Waals surface area (Å²) >= 11 is 0. The van der Waals surface area contributed by atoms with E-state index in [-0.39, 0.29) is 37.8 Å². The second-order valence-electron chi connectivity index (χ2n) is 8.29. The Morgan fingerprint density at radius 1 is 0.882 bits per heavy atom. The van der Waals surface area contributed by atoms with Crippen LogP contribution in [0, 0.1) is 6.92 Å². The van der Waals surface area contributed by atoms with E-state index in [2.05, 4.69) is 5.10 Å². The van der Waals surface area contributed by atoms with Gasteiger partial charge in [-0.15, -0.1) is 0 Å². The van der Waals surface area contributed by atoms with Gasteiger partial charge < -0.3 is 9.80 Å². The molecule has 1 aliphatic heterocycles. The number of benzene rings is 2. The Hall–Kier alpha value is -3.62. The Morgan fingerprint density at radius 2 is 1.44 bits per heavy atom. The molecular formula is C25H25F3N4O2. The van der Waals surface area contributed by atoms with Crippen molar-refractivity contribution in [2.24, 2.45) is 0 Å². The maximum Gasteiger partial charge on any atom is 0.434 e. The number of piperazine rings is 1. The Bertz CT molecular complexity index is 1180. The van der Waals surface area contributed by atoms with Gasteiger partial charge in [0.1, 0.15) is 0 Å². The Kier molecular flexibility index (Phi) is 6.45. The molecule has 1 saturated heterocycles. The van der Waals surface area contributed by atoms with Crippen molar-refractivity contribution < 1.29 is 22.8 Å². The van der Waals surface area contributed by atoms with Crippen molar-refractivity contribution in [1.29, 1.82) is 0 Å². The number of hydrogen-bond acceptors (Lipinski definition) is 3. The summed E-state index contributed by atoms with van der Waals surface area (Å²) in [5.74, 6) is -0.900. The van der Waals surface area contributed by atoms with E-state index in [9.17, 15) is 22.8 Å². The summed E-state index contributed by atoms with van der Waals surface area (Å²) in [7, 11) is 0. The number of nitrogens with zero attached hydrogens (tertiary/aromatic N) is 4. The number of aryl methyl sites for hydroxylation is 2. The molecule has 0 aliphatic carbocycles. The maximum atomic E-state index is 14.0. The van der Waals surface area contributed by atoms with Crippen molar-refractivity contribution in [3.63, 3.8) is 0 Å². The Labute approximate surface area is 195 Å². The second-order valence-corrected chi connectivity index (χ2v) is 8.29. The van der Waals surface area contributed by atoms with Crippen molar-refractivity contribution in [3.05, 3.63) is 82.7 Å². The number of alkyl halides is 3. The van der Waals surface area contributed by atoms with Gasteiger partial charge in [-0.05, 0) is 43.2 Å². The molecule has 2 amide bonds. The quantitative estimate of drug-likeness (QED) is 0.569. The number of rotatable bonds is 4. The van der Waals surface area contributed by atoms with Crippen LogP contribution in [0.25, 0.3) is 5.69 Å². The van der Waals surface area contributed by atoms with Crippen LogP contribution in [0.4, 0.5) is 13.2 Å². The van der Waals surface area contributed by atoms with E-state index < -0.39 is 23.3 Å². The maximum absolute atomic E-state index is 14.0. The van der Waals surface area contributed by atoms with E-state index in [1.54, 1.807) is 29.2 Å². The largest absolute Gasteiger partial charge is 0.434 e. The molecule has 34 heavy (non-hydrogen) atoms. The zero-order valence-electron chi connectivity index (χ0n) is 19.0. The number of carbonyl (C=O) groups is 2. The fourth-order valence-corrected chi connectivity index (χ4v) is 4.01. The molecule has 0 unspecified atom stereocenters. The van der Waals surface area contributed by atoms with E-state index in [1.807, 2.05) is 26.0 Å². The van der Waals surface area contributed by atoms with Crippen LogP contribution >= 0.6 is 0 Å². The second kappa shape index (κ2) is 9.32. The van der Waals surface area contributed by atoms with Crippen LogP contribution in [-0.4, -0.2) is 57.6 Å². The zero-order valence-corrected chi connectivity index (χ0v) is 19.0. The molecule has 4 rings (SSSR count). The van der Waals surface area contributed by atoms with Crippen LogP contribution in [0.3, 0.4) is 0 Å². The Morgan fingerprint density at radius 3 is 1.97 bits per heavy atom. The SMILES string of the molecule is CCc1ccc(C(=O)N2CCN(C(=O)c3cnn(-c4ccc(C)cc4)c3C(F)(F)F)CC2)cc1. The predicted molar refractivity (Wildman–Crippen MR) is 121 cm³/mol. The lowest BCUT2D eigenvalue weighted by atomic mass is 10.1. The Balaban J connectivity index is 1.50. The molecule has 1 aromatic heterocycles. The summed E-state index contributed by atoms with van der Waals surface area (Å²) < 4.78 is 42.6. The van der Waals surface area contributed by atoms with Crippen LogP contribution in [-0.2, 0) is 12.6 Å². The molecule has 1 aliphatic rings. The molecule has 0 bridgehead atoms. The van der Waals surface area contributed by atoms with Crippen molar-refractivity contribution >= 4 is 11.8 Å². The van der Waals surface area contributed by atoms with E-state index >= 15 is 0 Å². The van der Waals surface area contributed by atoms with Gasteiger partial charge in [-0.1, -0.05) is 36.8 Å². The van der Waals surface area contributed by atoms with Gasteiger partial charge in [0.05, 0.1) is 17.4 Å². The number of amides is 2. The highest BCUT2D eigenvalue weighted by atomic mass is 19.4. The van der Waals surface area contributed by atoms with Gasteiger partial charge in [-0.25, -0.2) is 4.68 Å². The molecule has 0 spiro atoms. The first-order chi connectivity index (χ1) is 16.2. The van der Waals surface area contributed by atoms with E-state index in [1.165, 1.54) is 17.0 Å². The van der Waals surface area contributed by atoms with Gasteiger partial charge in [0.15, 0.2) is 5.69 Å². The van der Waals surface area contributed by atoms with Gasteiger partial charge in [-0.2, -0.15) is 18.3 Å². The molecule has 1 fully saturated rings. The van der Waals surface area contributed by atoms with Gasteiger partial charge in [0, 0.05) is 31.7 Å². The van der Waals surface area contributed by atoms with E-state index in [4.69, 9.17) is 0 Å². The minimum atomic E-state index is -4.77. The van der Waals surface area contributed by atoms with Crippen molar-refractivity contribution in [2.45, 2.75) is 26.4 Å². The van der Waals surface area contributed by atoms with Crippen LogP contribution in [0.2, 0.25) is 0 Å². The monoisotopic (exact) mass is 470 g/mol. The minimum Gasteiger partial charge on any atom is -0.335 e. The smallest absolute Gasteiger partial charge is 0.335 e. The number of aromatic nitrogens is 2. The van der Waals surface area contributed by atoms with E-state index in [0.29, 0.717) is 5.56 Å². The molecular weight excluding hydrogens is 445 g/mol. The first-order valence-corrected chi connectivity index (χ1v) is 11.1. The van der Waals surface area contributed by atoms with Crippen LogP contribution in [0.1, 0.15) is 44.5 Å². The lowest BCUT2D eigenvalue weighted by Crippen LogP contribution is -2.50. The lowest BCUT2D eigenvalue weighted by Gasteiger charge is -2.35. The average molecular weight is 470 g/mol. The molecule has 3 aromatic rings. The highest BCUT2D eigenvalue weighted by Gasteiger charge is 2.42. The first kappa shape index (κ1) is 23.5. The topological polar surface area (TPSA) is 58.4 Å². The van der Waals surface area contributed by atoms with Crippen LogP contribution < -0.4 is 0 Å². The molecule has 2 heterocycles. The van der Waals surface area contributed by atoms with Gasteiger partial charge in [-0.3, -0.25) is 9.59 Å². The first-order valence-electron chi connectivity index (χ1n) is 11.1. The predicted octanol–water partition coefficient (Wildman–Crippen LogP) is 4.36. The molecule has 0 saturated carbocycles. The minimum absolute atomic E-state index is 0.143.